The van der Waals surface area contributed by atoms with Crippen LogP contribution in [0.2, 0.25) is 0 Å². The fraction of sp³-hybridized carbons (Fsp3) is 0.714. The second-order valence-electron chi connectivity index (χ2n) is 9.51. The number of halogens is 1. The van der Waals surface area contributed by atoms with Gasteiger partial charge in [-0.15, -0.1) is 0 Å². The Kier molecular flexibility index (Phi) is 3.83. The van der Waals surface area contributed by atoms with E-state index in [1.165, 1.54) is 0 Å². The highest BCUT2D eigenvalue weighted by molar-refractivity contribution is 9.09. The lowest BCUT2D eigenvalue weighted by Crippen LogP contribution is -2.52. The molecule has 1 amide bonds. The van der Waals surface area contributed by atoms with Gasteiger partial charge in [-0.25, -0.2) is 0 Å². The van der Waals surface area contributed by atoms with Gasteiger partial charge in [0.25, 0.3) is 0 Å². The number of alkyl halides is 1. The summed E-state index contributed by atoms with van der Waals surface area (Å²) in [6.45, 7) is 6.37. The summed E-state index contributed by atoms with van der Waals surface area (Å²) >= 11 is 3.35. The number of ether oxygens (including phenoxy) is 1. The van der Waals surface area contributed by atoms with Gasteiger partial charge in [-0.1, -0.05) is 28.1 Å². The Balaban J connectivity index is 1.68. The molecule has 7 heteroatoms. The van der Waals surface area contributed by atoms with Crippen molar-refractivity contribution in [1.29, 1.82) is 0 Å². The third-order valence-corrected chi connectivity index (χ3v) is 8.76. The molecule has 4 aliphatic carbocycles. The largest absolute Gasteiger partial charge is 0.455 e. The number of esters is 1. The molecule has 5 rings (SSSR count). The number of aliphatic hydroxyl groups is 2. The van der Waals surface area contributed by atoms with Crippen LogP contribution in [0.4, 0.5) is 0 Å². The quantitative estimate of drug-likeness (QED) is 0.342. The summed E-state index contributed by atoms with van der Waals surface area (Å²) in [5.74, 6) is -1.35. The lowest BCUT2D eigenvalue weighted by Gasteiger charge is -2.42. The van der Waals surface area contributed by atoms with Crippen LogP contribution < -0.4 is 5.32 Å². The Morgan fingerprint density at radius 2 is 2.25 bits per heavy atom. The molecule has 3 N–H and O–H groups in total. The van der Waals surface area contributed by atoms with Crippen molar-refractivity contribution in [1.82, 2.24) is 5.32 Å². The number of fused-ring (bicyclic) bond motifs is 6. The van der Waals surface area contributed by atoms with E-state index in [2.05, 4.69) is 27.8 Å². The molecule has 28 heavy (non-hydrogen) atoms. The molecule has 152 valence electrons. The lowest BCUT2D eigenvalue weighted by molar-refractivity contribution is -0.151. The summed E-state index contributed by atoms with van der Waals surface area (Å²) in [6, 6.07) is 0. The van der Waals surface area contributed by atoms with Gasteiger partial charge in [-0.2, -0.15) is 0 Å². The van der Waals surface area contributed by atoms with Gasteiger partial charge in [-0.3, -0.25) is 9.59 Å². The van der Waals surface area contributed by atoms with Crippen molar-refractivity contribution in [3.05, 3.63) is 23.8 Å². The van der Waals surface area contributed by atoms with Crippen molar-refractivity contribution in [3.63, 3.8) is 0 Å². The summed E-state index contributed by atoms with van der Waals surface area (Å²) in [4.78, 5) is 26.3. The summed E-state index contributed by atoms with van der Waals surface area (Å²) in [5, 5.41) is 25.6. The molecule has 1 saturated heterocycles. The molecule has 3 saturated carbocycles. The zero-order chi connectivity index (χ0) is 20.1. The highest BCUT2D eigenvalue weighted by atomic mass is 79.9. The molecule has 4 bridgehead atoms. The minimum Gasteiger partial charge on any atom is -0.455 e. The fourth-order valence-corrected chi connectivity index (χ4v) is 7.36. The van der Waals surface area contributed by atoms with Crippen molar-refractivity contribution in [2.24, 2.45) is 28.6 Å². The van der Waals surface area contributed by atoms with Gasteiger partial charge < -0.3 is 20.3 Å². The van der Waals surface area contributed by atoms with Gasteiger partial charge in [0.15, 0.2) is 0 Å². The molecular formula is C21H26BrNO5. The van der Waals surface area contributed by atoms with Crippen LogP contribution in [0.3, 0.4) is 0 Å². The molecule has 1 aliphatic heterocycles. The summed E-state index contributed by atoms with van der Waals surface area (Å²) < 4.78 is 5.47. The second-order valence-corrected chi connectivity index (χ2v) is 10.3. The van der Waals surface area contributed by atoms with E-state index < -0.39 is 46.4 Å². The maximum absolute atomic E-state index is 13.4. The molecule has 0 aromatic rings. The van der Waals surface area contributed by atoms with Crippen molar-refractivity contribution >= 4 is 27.8 Å². The van der Waals surface area contributed by atoms with Crippen LogP contribution in [-0.2, 0) is 14.3 Å². The number of carbonyl (C=O) groups is 2. The van der Waals surface area contributed by atoms with E-state index in [0.717, 1.165) is 17.6 Å². The third kappa shape index (κ3) is 2.00. The van der Waals surface area contributed by atoms with Crippen LogP contribution in [0, 0.1) is 28.6 Å². The van der Waals surface area contributed by atoms with Crippen LogP contribution in [0.25, 0.3) is 0 Å². The van der Waals surface area contributed by atoms with E-state index >= 15 is 0 Å². The number of hydrogen-bond acceptors (Lipinski definition) is 5. The van der Waals surface area contributed by atoms with Gasteiger partial charge in [-0.05, 0) is 55.6 Å². The van der Waals surface area contributed by atoms with Crippen molar-refractivity contribution < 1.29 is 24.5 Å². The topological polar surface area (TPSA) is 95.9 Å². The van der Waals surface area contributed by atoms with Gasteiger partial charge in [0.05, 0.1) is 11.5 Å². The van der Waals surface area contributed by atoms with E-state index in [1.54, 1.807) is 6.92 Å². The number of carbonyl (C=O) groups excluding carboxylic acids is 2. The summed E-state index contributed by atoms with van der Waals surface area (Å²) in [7, 11) is 0. The smallest absolute Gasteiger partial charge is 0.315 e. The Bertz CT molecular complexity index is 826. The summed E-state index contributed by atoms with van der Waals surface area (Å²) in [6.07, 6.45) is 2.76. The van der Waals surface area contributed by atoms with Crippen molar-refractivity contribution in [3.8, 4) is 0 Å². The van der Waals surface area contributed by atoms with E-state index in [4.69, 9.17) is 4.74 Å². The Morgan fingerprint density at radius 3 is 2.96 bits per heavy atom. The third-order valence-electron chi connectivity index (χ3n) is 8.36. The molecule has 5 aliphatic rings. The lowest BCUT2D eigenvalue weighted by atomic mass is 9.60. The Hall–Kier alpha value is -1.18. The van der Waals surface area contributed by atoms with Gasteiger partial charge >= 0.3 is 5.97 Å². The average Bonchev–Trinajstić information content (AvgIpc) is 3.08. The molecule has 0 aromatic carbocycles. The molecule has 0 aromatic heterocycles. The number of allylic oxidation sites excluding steroid dienone is 1. The van der Waals surface area contributed by atoms with Crippen LogP contribution in [0.1, 0.15) is 32.6 Å². The number of nitrogens with one attached hydrogen (secondary N) is 1. The van der Waals surface area contributed by atoms with Crippen molar-refractivity contribution in [2.45, 2.75) is 50.4 Å². The second kappa shape index (κ2) is 5.70. The molecule has 0 radical (unpaired) electrons. The molecule has 0 unspecified atom stereocenters. The van der Waals surface area contributed by atoms with E-state index in [9.17, 15) is 19.8 Å². The first kappa shape index (κ1) is 18.8. The average molecular weight is 452 g/mol. The predicted octanol–water partition coefficient (Wildman–Crippen LogP) is 1.45. The molecule has 1 heterocycles. The number of hydrogen-bond donors (Lipinski definition) is 3. The van der Waals surface area contributed by atoms with Gasteiger partial charge in [0.1, 0.15) is 17.6 Å². The van der Waals surface area contributed by atoms with Gasteiger partial charge in [0, 0.05) is 17.8 Å². The Morgan fingerprint density at radius 1 is 1.50 bits per heavy atom. The highest BCUT2D eigenvalue weighted by Crippen LogP contribution is 2.74. The SMILES string of the molecule is C=C1C[C@]23C[C@@]1(O)CC[C@H]2C1=C[C@H]2OC(=O)[C@@](C)([C@H]1[C@@H]3C(=O)NCCBr)[C@H]2O. The maximum Gasteiger partial charge on any atom is 0.315 e. The summed E-state index contributed by atoms with van der Waals surface area (Å²) in [5.41, 5.74) is -0.660. The molecule has 8 atom stereocenters. The van der Waals surface area contributed by atoms with Gasteiger partial charge in [0.2, 0.25) is 5.91 Å². The molecule has 6 nitrogen and oxygen atoms in total. The first-order valence-corrected chi connectivity index (χ1v) is 11.2. The van der Waals surface area contributed by atoms with E-state index in [0.29, 0.717) is 31.1 Å². The standard InChI is InChI=1S/C21H26BrNO5/c1-10-8-20-9-21(10,27)4-3-12(20)11-7-13-16(24)19(2,18(26)28-13)14(11)15(20)17(25)23-6-5-22/h7,12-16,24,27H,1,3-6,8-9H2,2H3,(H,23,25)/t12-,13+,14+,15+,16-,19-,20-,21-/m0/s1. The number of amides is 1. The molecule has 1 spiro atoms. The van der Waals surface area contributed by atoms with Crippen LogP contribution in [0.15, 0.2) is 23.8 Å². The Labute approximate surface area is 172 Å². The first-order valence-electron chi connectivity index (χ1n) is 10.0. The minimum atomic E-state index is -1.14. The molecule has 4 fully saturated rings. The normalized spacial score (nSPS) is 50.7. The predicted molar refractivity (Wildman–Crippen MR) is 104 cm³/mol. The van der Waals surface area contributed by atoms with Crippen molar-refractivity contribution in [2.75, 3.05) is 11.9 Å². The minimum absolute atomic E-state index is 0.0978. The zero-order valence-electron chi connectivity index (χ0n) is 15.9. The fourth-order valence-electron chi connectivity index (χ4n) is 7.16. The first-order chi connectivity index (χ1) is 13.2. The number of aliphatic hydroxyl groups excluding tert-OH is 1. The molecular weight excluding hydrogens is 426 g/mol. The van der Waals surface area contributed by atoms with Crippen LogP contribution in [0.5, 0.6) is 0 Å². The van der Waals surface area contributed by atoms with E-state index in [-0.39, 0.29) is 11.8 Å². The van der Waals surface area contributed by atoms with Crippen LogP contribution in [-0.4, -0.2) is 51.8 Å². The monoisotopic (exact) mass is 451 g/mol. The van der Waals surface area contributed by atoms with Crippen LogP contribution >= 0.6 is 15.9 Å². The maximum atomic E-state index is 13.4. The van der Waals surface area contributed by atoms with E-state index in [1.807, 2.05) is 6.08 Å². The highest BCUT2D eigenvalue weighted by Gasteiger charge is 2.75. The number of rotatable bonds is 3. The zero-order valence-corrected chi connectivity index (χ0v) is 17.5.